The number of hydrogen-bond acceptors (Lipinski definition) is 4. The van der Waals surface area contributed by atoms with Crippen molar-refractivity contribution in [3.63, 3.8) is 0 Å². The fourth-order valence-electron chi connectivity index (χ4n) is 2.35. The van der Waals surface area contributed by atoms with Gasteiger partial charge in [0.1, 0.15) is 23.0 Å². The first kappa shape index (κ1) is 18.3. The van der Waals surface area contributed by atoms with Crippen molar-refractivity contribution in [2.24, 2.45) is 0 Å². The van der Waals surface area contributed by atoms with E-state index >= 15 is 0 Å². The Morgan fingerprint density at radius 1 is 1.08 bits per heavy atom. The molecule has 0 aliphatic rings. The lowest BCUT2D eigenvalue weighted by Gasteiger charge is -2.13. The van der Waals surface area contributed by atoms with Crippen LogP contribution in [0.15, 0.2) is 47.4 Å². The molecule has 24 heavy (non-hydrogen) atoms. The van der Waals surface area contributed by atoms with Crippen molar-refractivity contribution < 1.29 is 17.9 Å². The third kappa shape index (κ3) is 4.49. The van der Waals surface area contributed by atoms with E-state index in [-0.39, 0.29) is 18.0 Å². The predicted molar refractivity (Wildman–Crippen MR) is 94.2 cm³/mol. The topological polar surface area (TPSA) is 64.6 Å². The summed E-state index contributed by atoms with van der Waals surface area (Å²) in [5.41, 5.74) is 1.95. The summed E-state index contributed by atoms with van der Waals surface area (Å²) in [6.07, 6.45) is 0.863. The predicted octanol–water partition coefficient (Wildman–Crippen LogP) is 2.92. The van der Waals surface area contributed by atoms with E-state index in [2.05, 4.69) is 11.6 Å². The number of para-hydroxylation sites is 1. The highest BCUT2D eigenvalue weighted by Crippen LogP contribution is 2.24. The van der Waals surface area contributed by atoms with Crippen molar-refractivity contribution in [3.05, 3.63) is 53.6 Å². The van der Waals surface area contributed by atoms with Gasteiger partial charge in [0.05, 0.1) is 7.11 Å². The Morgan fingerprint density at radius 3 is 2.54 bits per heavy atom. The number of sulfonamides is 1. The van der Waals surface area contributed by atoms with Gasteiger partial charge in [0.25, 0.3) is 0 Å². The number of rotatable bonds is 8. The van der Waals surface area contributed by atoms with E-state index in [1.54, 1.807) is 12.1 Å². The Bertz CT molecular complexity index is 787. The molecule has 0 amide bonds. The molecule has 0 saturated carbocycles. The van der Waals surface area contributed by atoms with Crippen LogP contribution in [0.3, 0.4) is 0 Å². The van der Waals surface area contributed by atoms with E-state index in [4.69, 9.17) is 9.47 Å². The molecule has 0 atom stereocenters. The SMILES string of the molecule is CCc1ccccc1OCCNS(=O)(=O)c1cc(C)ccc1OC. The van der Waals surface area contributed by atoms with Crippen molar-refractivity contribution in [1.82, 2.24) is 4.72 Å². The summed E-state index contributed by atoms with van der Waals surface area (Å²) in [4.78, 5) is 0.138. The molecule has 0 saturated heterocycles. The van der Waals surface area contributed by atoms with Crippen LogP contribution in [0.4, 0.5) is 0 Å². The summed E-state index contributed by atoms with van der Waals surface area (Å²) in [5, 5.41) is 0. The summed E-state index contributed by atoms with van der Waals surface area (Å²) in [7, 11) is -2.20. The van der Waals surface area contributed by atoms with Crippen LogP contribution in [0.1, 0.15) is 18.1 Å². The molecule has 0 aromatic heterocycles. The van der Waals surface area contributed by atoms with E-state index in [0.717, 1.165) is 23.3 Å². The van der Waals surface area contributed by atoms with Crippen LogP contribution in [0.25, 0.3) is 0 Å². The molecule has 0 spiro atoms. The van der Waals surface area contributed by atoms with Gasteiger partial charge in [0.2, 0.25) is 10.0 Å². The molecule has 6 heteroatoms. The van der Waals surface area contributed by atoms with Gasteiger partial charge >= 0.3 is 0 Å². The Kier molecular flexibility index (Phi) is 6.23. The van der Waals surface area contributed by atoms with Gasteiger partial charge in [-0.05, 0) is 42.7 Å². The molecule has 0 aliphatic heterocycles. The third-order valence-corrected chi connectivity index (χ3v) is 5.10. The van der Waals surface area contributed by atoms with Gasteiger partial charge in [-0.15, -0.1) is 0 Å². The van der Waals surface area contributed by atoms with Crippen LogP contribution in [0.5, 0.6) is 11.5 Å². The Hall–Kier alpha value is -2.05. The quantitative estimate of drug-likeness (QED) is 0.744. The van der Waals surface area contributed by atoms with Gasteiger partial charge in [-0.25, -0.2) is 13.1 Å². The van der Waals surface area contributed by atoms with Crippen molar-refractivity contribution in [2.45, 2.75) is 25.2 Å². The Balaban J connectivity index is 2.00. The van der Waals surface area contributed by atoms with E-state index in [0.29, 0.717) is 5.75 Å². The fraction of sp³-hybridized carbons (Fsp3) is 0.333. The zero-order valence-corrected chi connectivity index (χ0v) is 15.0. The maximum atomic E-state index is 12.5. The molecular formula is C18H23NO4S. The van der Waals surface area contributed by atoms with Gasteiger partial charge in [-0.1, -0.05) is 31.2 Å². The summed E-state index contributed by atoms with van der Waals surface area (Å²) >= 11 is 0. The van der Waals surface area contributed by atoms with Crippen molar-refractivity contribution in [1.29, 1.82) is 0 Å². The minimum absolute atomic E-state index is 0.138. The normalized spacial score (nSPS) is 11.3. The monoisotopic (exact) mass is 349 g/mol. The molecule has 2 aromatic carbocycles. The Morgan fingerprint density at radius 2 is 1.83 bits per heavy atom. The van der Waals surface area contributed by atoms with Crippen molar-refractivity contribution in [2.75, 3.05) is 20.3 Å². The molecule has 130 valence electrons. The lowest BCUT2D eigenvalue weighted by atomic mass is 10.1. The minimum Gasteiger partial charge on any atom is -0.495 e. The molecule has 0 heterocycles. The molecular weight excluding hydrogens is 326 g/mol. The summed E-state index contributed by atoms with van der Waals surface area (Å²) in [6, 6.07) is 12.8. The molecule has 2 aromatic rings. The minimum atomic E-state index is -3.65. The van der Waals surface area contributed by atoms with Crippen LogP contribution in [0, 0.1) is 6.92 Å². The van der Waals surface area contributed by atoms with Gasteiger partial charge in [-0.3, -0.25) is 0 Å². The van der Waals surface area contributed by atoms with Crippen LogP contribution in [0.2, 0.25) is 0 Å². The first-order valence-corrected chi connectivity index (χ1v) is 9.31. The van der Waals surface area contributed by atoms with Crippen LogP contribution < -0.4 is 14.2 Å². The maximum absolute atomic E-state index is 12.5. The highest BCUT2D eigenvalue weighted by molar-refractivity contribution is 7.89. The molecule has 0 radical (unpaired) electrons. The van der Waals surface area contributed by atoms with Gasteiger partial charge in [0.15, 0.2) is 0 Å². The van der Waals surface area contributed by atoms with Crippen LogP contribution in [-0.2, 0) is 16.4 Å². The van der Waals surface area contributed by atoms with Gasteiger partial charge < -0.3 is 9.47 Å². The highest BCUT2D eigenvalue weighted by Gasteiger charge is 2.19. The zero-order valence-electron chi connectivity index (χ0n) is 14.2. The second-order valence-electron chi connectivity index (χ2n) is 5.36. The average Bonchev–Trinajstić information content (AvgIpc) is 2.59. The molecule has 0 aliphatic carbocycles. The number of ether oxygens (including phenoxy) is 2. The maximum Gasteiger partial charge on any atom is 0.244 e. The van der Waals surface area contributed by atoms with Crippen LogP contribution >= 0.6 is 0 Å². The Labute approximate surface area is 143 Å². The number of benzene rings is 2. The fourth-order valence-corrected chi connectivity index (χ4v) is 3.61. The number of hydrogen-bond donors (Lipinski definition) is 1. The first-order valence-electron chi connectivity index (χ1n) is 7.83. The largest absolute Gasteiger partial charge is 0.495 e. The molecule has 5 nitrogen and oxygen atoms in total. The first-order chi connectivity index (χ1) is 11.5. The summed E-state index contributed by atoms with van der Waals surface area (Å²) < 4.78 is 38.3. The second-order valence-corrected chi connectivity index (χ2v) is 7.10. The third-order valence-electron chi connectivity index (χ3n) is 3.61. The van der Waals surface area contributed by atoms with E-state index in [1.807, 2.05) is 37.3 Å². The van der Waals surface area contributed by atoms with E-state index in [1.165, 1.54) is 7.11 Å². The molecule has 2 rings (SSSR count). The zero-order chi connectivity index (χ0) is 17.6. The lowest BCUT2D eigenvalue weighted by Crippen LogP contribution is -2.28. The van der Waals surface area contributed by atoms with E-state index in [9.17, 15) is 8.42 Å². The molecule has 1 N–H and O–H groups in total. The number of aryl methyl sites for hydroxylation is 2. The number of nitrogens with one attached hydrogen (secondary N) is 1. The van der Waals surface area contributed by atoms with E-state index < -0.39 is 10.0 Å². The standard InChI is InChI=1S/C18H23NO4S/c1-4-15-7-5-6-8-16(15)23-12-11-19-24(20,21)18-13-14(2)9-10-17(18)22-3/h5-10,13,19H,4,11-12H2,1-3H3. The second kappa shape index (κ2) is 8.17. The molecule has 0 bridgehead atoms. The number of methoxy groups -OCH3 is 1. The smallest absolute Gasteiger partial charge is 0.244 e. The molecule has 0 fully saturated rings. The van der Waals surface area contributed by atoms with Gasteiger partial charge in [-0.2, -0.15) is 0 Å². The highest BCUT2D eigenvalue weighted by atomic mass is 32.2. The van der Waals surface area contributed by atoms with Crippen molar-refractivity contribution >= 4 is 10.0 Å². The average molecular weight is 349 g/mol. The lowest BCUT2D eigenvalue weighted by molar-refractivity contribution is 0.319. The molecule has 0 unspecified atom stereocenters. The summed E-state index contributed by atoms with van der Waals surface area (Å²) in [6.45, 7) is 4.32. The van der Waals surface area contributed by atoms with Crippen LogP contribution in [-0.4, -0.2) is 28.7 Å². The van der Waals surface area contributed by atoms with Gasteiger partial charge in [0, 0.05) is 6.54 Å². The summed E-state index contributed by atoms with van der Waals surface area (Å²) in [5.74, 6) is 1.11. The van der Waals surface area contributed by atoms with Crippen molar-refractivity contribution in [3.8, 4) is 11.5 Å².